The summed E-state index contributed by atoms with van der Waals surface area (Å²) in [6, 6.07) is 30.2. The van der Waals surface area contributed by atoms with E-state index in [1.807, 2.05) is 39.0 Å². The summed E-state index contributed by atoms with van der Waals surface area (Å²) in [6.45, 7) is 23.4. The molecule has 9 nitrogen and oxygen atoms in total. The van der Waals surface area contributed by atoms with Crippen molar-refractivity contribution < 1.29 is 41.6 Å². The van der Waals surface area contributed by atoms with Crippen molar-refractivity contribution in [2.24, 2.45) is 5.41 Å². The zero-order valence-corrected chi connectivity index (χ0v) is 39.4. The van der Waals surface area contributed by atoms with E-state index >= 15 is 0 Å². The van der Waals surface area contributed by atoms with Gasteiger partial charge in [0.2, 0.25) is 5.79 Å². The third-order valence-corrected chi connectivity index (χ3v) is 20.2. The molecule has 12 heteroatoms. The molecule has 3 aromatic carbocycles. The fraction of sp³-hybridized carbons (Fsp3) is 0.565. The lowest BCUT2D eigenvalue weighted by Crippen LogP contribution is -2.66. The zero-order chi connectivity index (χ0) is 42.6. The smallest absolute Gasteiger partial charge is 0.261 e. The number of rotatable bonds is 17. The van der Waals surface area contributed by atoms with E-state index in [0.717, 1.165) is 22.0 Å². The lowest BCUT2D eigenvalue weighted by Gasteiger charge is -2.52. The predicted octanol–water partition coefficient (Wildman–Crippen LogP) is 8.09. The molecule has 0 radical (unpaired) electrons. The van der Waals surface area contributed by atoms with Crippen molar-refractivity contribution in [1.29, 1.82) is 0 Å². The summed E-state index contributed by atoms with van der Waals surface area (Å²) in [7, 11) is -8.21. The second-order valence-electron chi connectivity index (χ2n) is 19.3. The van der Waals surface area contributed by atoms with E-state index in [-0.39, 0.29) is 35.5 Å². The predicted molar refractivity (Wildman–Crippen MR) is 236 cm³/mol. The summed E-state index contributed by atoms with van der Waals surface area (Å²) < 4.78 is 67.3. The monoisotopic (exact) mass is 852 g/mol. The highest BCUT2D eigenvalue weighted by molar-refractivity contribution is 7.91. The first-order valence-electron chi connectivity index (χ1n) is 20.7. The Morgan fingerprint density at radius 3 is 1.90 bits per heavy atom. The normalized spacial score (nSPS) is 25.3. The van der Waals surface area contributed by atoms with Gasteiger partial charge >= 0.3 is 0 Å². The molecule has 2 fully saturated rings. The van der Waals surface area contributed by atoms with E-state index in [1.54, 1.807) is 44.2 Å². The van der Waals surface area contributed by atoms with Crippen molar-refractivity contribution in [1.82, 2.24) is 0 Å². The van der Waals surface area contributed by atoms with E-state index in [4.69, 9.17) is 28.1 Å². The lowest BCUT2D eigenvalue weighted by molar-refractivity contribution is -0.344. The van der Waals surface area contributed by atoms with E-state index in [9.17, 15) is 13.5 Å². The number of hydrogen-bond donors (Lipinski definition) is 1. The summed E-state index contributed by atoms with van der Waals surface area (Å²) in [6.07, 6.45) is 0.624. The van der Waals surface area contributed by atoms with Crippen LogP contribution in [-0.2, 0) is 37.9 Å². The Morgan fingerprint density at radius 1 is 0.845 bits per heavy atom. The number of ether oxygens (including phenoxy) is 5. The average Bonchev–Trinajstić information content (AvgIpc) is 3.40. The second-order valence-corrected chi connectivity index (χ2v) is 31.3. The van der Waals surface area contributed by atoms with Gasteiger partial charge in [-0.2, -0.15) is 0 Å². The molecule has 0 amide bonds. The second kappa shape index (κ2) is 18.2. The topological polar surface area (TPSA) is 110 Å². The quantitative estimate of drug-likeness (QED) is 0.0624. The molecule has 3 aromatic rings. The summed E-state index contributed by atoms with van der Waals surface area (Å²) in [5.74, 6) is -3.29. The first-order valence-corrected chi connectivity index (χ1v) is 27.9. The molecule has 0 spiro atoms. The van der Waals surface area contributed by atoms with E-state index in [0.29, 0.717) is 19.4 Å². The SMILES string of the molecule is C[C@@H]1OC(C)(C)O[C@@H]1C[C@@H]1C/C(=C\CO[Si](c2ccccc2)(c2ccccc2)C(C)(C)C)[C@H](OCOCC[Si](C)(C)C)[C@](O)(C(C)(C)CS(=O)(=O)c2ccccc2)O1. The van der Waals surface area contributed by atoms with Crippen LogP contribution in [0.3, 0.4) is 0 Å². The number of sulfone groups is 1. The van der Waals surface area contributed by atoms with Gasteiger partial charge in [-0.1, -0.05) is 139 Å². The fourth-order valence-corrected chi connectivity index (χ4v) is 15.6. The minimum Gasteiger partial charge on any atom is -0.404 e. The van der Waals surface area contributed by atoms with Crippen LogP contribution in [0.25, 0.3) is 0 Å². The number of benzene rings is 3. The zero-order valence-electron chi connectivity index (χ0n) is 36.6. The van der Waals surface area contributed by atoms with Crippen LogP contribution in [0.4, 0.5) is 0 Å². The minimum absolute atomic E-state index is 0.106. The standard InChI is InChI=1S/C46H68O9SSi2/c1-35-41(55-45(7,8)53-35)32-37-31-36(27-28-52-58(43(2,3)4,39-23-17-13-18-24-39)40-25-19-14-20-26-40)42(51-34-50-29-30-57(9,10)11)46(47,54-37)44(5,6)33-56(48,49)38-21-15-12-16-22-38/h12-27,35,37,41-42,47H,28-34H2,1-11H3/b36-27+/t35-,37-,41+,42-,46+/m0/s1. The van der Waals surface area contributed by atoms with Crippen molar-refractivity contribution in [3.05, 3.63) is 103 Å². The average molecular weight is 853 g/mol. The molecule has 1 N–H and O–H groups in total. The van der Waals surface area contributed by atoms with Crippen LogP contribution in [0.5, 0.6) is 0 Å². The molecule has 0 bridgehead atoms. The van der Waals surface area contributed by atoms with Crippen LogP contribution < -0.4 is 10.4 Å². The van der Waals surface area contributed by atoms with Crippen LogP contribution in [0, 0.1) is 5.41 Å². The van der Waals surface area contributed by atoms with Crippen molar-refractivity contribution in [3.63, 3.8) is 0 Å². The van der Waals surface area contributed by atoms with Crippen LogP contribution in [-0.4, -0.2) is 91.7 Å². The Hall–Kier alpha value is -2.50. The van der Waals surface area contributed by atoms with Crippen LogP contribution in [0.1, 0.15) is 68.2 Å². The van der Waals surface area contributed by atoms with Gasteiger partial charge < -0.3 is 33.2 Å². The van der Waals surface area contributed by atoms with Gasteiger partial charge in [-0.05, 0) is 66.4 Å². The highest BCUT2D eigenvalue weighted by atomic mass is 32.2. The number of hydrogen-bond acceptors (Lipinski definition) is 9. The number of aliphatic hydroxyl groups is 1. The van der Waals surface area contributed by atoms with Gasteiger partial charge in [-0.15, -0.1) is 0 Å². The summed E-state index contributed by atoms with van der Waals surface area (Å²) >= 11 is 0. The van der Waals surface area contributed by atoms with Gasteiger partial charge in [0.25, 0.3) is 8.32 Å². The maximum Gasteiger partial charge on any atom is 0.261 e. The van der Waals surface area contributed by atoms with Crippen LogP contribution >= 0.6 is 0 Å². The Balaban J connectivity index is 1.59. The Bertz CT molecular complexity index is 1870. The van der Waals surface area contributed by atoms with Gasteiger partial charge in [0.1, 0.15) is 12.9 Å². The van der Waals surface area contributed by atoms with E-state index < -0.39 is 61.2 Å². The maximum absolute atomic E-state index is 14.0. The van der Waals surface area contributed by atoms with E-state index in [2.05, 4.69) is 88.9 Å². The fourth-order valence-electron chi connectivity index (χ4n) is 8.42. The molecule has 0 saturated carbocycles. The molecule has 0 unspecified atom stereocenters. The van der Waals surface area contributed by atoms with Gasteiger partial charge in [0.05, 0.1) is 35.6 Å². The lowest BCUT2D eigenvalue weighted by atomic mass is 9.75. The maximum atomic E-state index is 14.0. The molecule has 0 aromatic heterocycles. The molecule has 58 heavy (non-hydrogen) atoms. The van der Waals surface area contributed by atoms with Gasteiger partial charge in [0, 0.05) is 26.5 Å². The summed E-state index contributed by atoms with van der Waals surface area (Å²) in [5, 5.41) is 15.2. The molecule has 2 aliphatic heterocycles. The third kappa shape index (κ3) is 10.9. The highest BCUT2D eigenvalue weighted by Gasteiger charge is 2.59. The Labute approximate surface area is 350 Å². The summed E-state index contributed by atoms with van der Waals surface area (Å²) in [5.41, 5.74) is -0.624. The molecule has 0 aliphatic carbocycles. The first kappa shape index (κ1) is 46.6. The Kier molecular flexibility index (Phi) is 14.6. The summed E-state index contributed by atoms with van der Waals surface area (Å²) in [4.78, 5) is 0.174. The Morgan fingerprint density at radius 2 is 1.40 bits per heavy atom. The van der Waals surface area contributed by atoms with Crippen molar-refractivity contribution in [2.45, 2.75) is 140 Å². The molecule has 320 valence electrons. The van der Waals surface area contributed by atoms with Crippen LogP contribution in [0.2, 0.25) is 30.7 Å². The van der Waals surface area contributed by atoms with Gasteiger partial charge in [-0.25, -0.2) is 8.42 Å². The highest BCUT2D eigenvalue weighted by Crippen LogP contribution is 2.48. The molecule has 2 saturated heterocycles. The van der Waals surface area contributed by atoms with Gasteiger partial charge in [0.15, 0.2) is 15.6 Å². The molecular formula is C46H68O9SSi2. The third-order valence-electron chi connectivity index (χ3n) is 11.4. The largest absolute Gasteiger partial charge is 0.404 e. The van der Waals surface area contributed by atoms with E-state index in [1.165, 1.54) is 0 Å². The first-order chi connectivity index (χ1) is 27.0. The van der Waals surface area contributed by atoms with Gasteiger partial charge in [-0.3, -0.25) is 0 Å². The molecule has 2 aliphatic rings. The minimum atomic E-state index is -3.88. The molecule has 2 heterocycles. The molecule has 5 atom stereocenters. The van der Waals surface area contributed by atoms with Crippen LogP contribution in [0.15, 0.2) is 108 Å². The molecule has 5 rings (SSSR count). The van der Waals surface area contributed by atoms with Crippen molar-refractivity contribution in [3.8, 4) is 0 Å². The van der Waals surface area contributed by atoms with Crippen molar-refractivity contribution in [2.75, 3.05) is 25.8 Å². The molecular weight excluding hydrogens is 785 g/mol. The van der Waals surface area contributed by atoms with Crippen molar-refractivity contribution >= 4 is 36.6 Å².